The van der Waals surface area contributed by atoms with Gasteiger partial charge in [0, 0.05) is 55.0 Å². The molecule has 3 aromatic rings. The normalized spacial score (nSPS) is 14.9. The van der Waals surface area contributed by atoms with Crippen LogP contribution in [0.5, 0.6) is 0 Å². The lowest BCUT2D eigenvalue weighted by molar-refractivity contribution is -0.0930. The first-order valence-corrected chi connectivity index (χ1v) is 12.5. The summed E-state index contributed by atoms with van der Waals surface area (Å²) in [6.45, 7) is 4.54. The highest BCUT2D eigenvalue weighted by Crippen LogP contribution is 2.37. The molecule has 4 rings (SSSR count). The molecule has 7 nitrogen and oxygen atoms in total. The van der Waals surface area contributed by atoms with Crippen LogP contribution in [0.25, 0.3) is 11.3 Å². The number of carbonyl (C=O) groups is 1. The van der Waals surface area contributed by atoms with Gasteiger partial charge in [-0.05, 0) is 30.0 Å². The van der Waals surface area contributed by atoms with E-state index in [1.54, 1.807) is 35.2 Å². The molecule has 1 saturated carbocycles. The molecule has 1 aromatic carbocycles. The van der Waals surface area contributed by atoms with Crippen LogP contribution in [0.15, 0.2) is 59.8 Å². The number of alkyl halides is 2. The number of hydrogen-bond donors (Lipinski definition) is 2. The first-order valence-electron chi connectivity index (χ1n) is 12.5. The lowest BCUT2D eigenvalue weighted by atomic mass is 9.88. The number of aromatic nitrogens is 3. The maximum Gasteiger partial charge on any atom is 0.251 e. The number of hydrogen-bond acceptors (Lipinski definition) is 6. The molecule has 2 heterocycles. The number of halogens is 2. The Balaban J connectivity index is 1.40. The summed E-state index contributed by atoms with van der Waals surface area (Å²) in [5.74, 6) is -2.88. The van der Waals surface area contributed by atoms with Crippen LogP contribution >= 0.6 is 0 Å². The van der Waals surface area contributed by atoms with Crippen LogP contribution in [0.3, 0.4) is 0 Å². The molecular weight excluding hydrogens is 476 g/mol. The predicted octanol–water partition coefficient (Wildman–Crippen LogP) is 5.19. The van der Waals surface area contributed by atoms with E-state index >= 15 is 0 Å². The zero-order valence-corrected chi connectivity index (χ0v) is 21.0. The summed E-state index contributed by atoms with van der Waals surface area (Å²) in [6.07, 6.45) is 5.93. The highest BCUT2D eigenvalue weighted by molar-refractivity contribution is 6.14. The Morgan fingerprint density at radius 3 is 2.49 bits per heavy atom. The Hall–Kier alpha value is -3.59. The standard InChI is InChI=1S/C28H31F2N5O2/c1-3-22(4-2)35-17-20(9-10-27(35)37)24-15-32-16-25(34-24)26(36)11-23(31)19-7-5-18(6-8-19)14-33-21-12-28(29,30)13-21/h5-10,15-17,21-22,31,33H,3-4,11-14H2,1-2H3. The minimum Gasteiger partial charge on any atom is -0.312 e. The molecule has 0 bridgehead atoms. The third-order valence-electron chi connectivity index (χ3n) is 6.81. The third-order valence-corrected chi connectivity index (χ3v) is 6.81. The monoisotopic (exact) mass is 507 g/mol. The third kappa shape index (κ3) is 6.40. The smallest absolute Gasteiger partial charge is 0.251 e. The fraction of sp³-hybridized carbons (Fsp3) is 0.393. The Bertz CT molecular complexity index is 1320. The van der Waals surface area contributed by atoms with Crippen molar-refractivity contribution < 1.29 is 13.6 Å². The van der Waals surface area contributed by atoms with Gasteiger partial charge >= 0.3 is 0 Å². The van der Waals surface area contributed by atoms with E-state index in [-0.39, 0.29) is 54.1 Å². The molecule has 194 valence electrons. The minimum absolute atomic E-state index is 0.0795. The Labute approximate surface area is 214 Å². The molecule has 0 aliphatic heterocycles. The molecule has 9 heteroatoms. The lowest BCUT2D eigenvalue weighted by Gasteiger charge is -2.35. The molecule has 2 aromatic heterocycles. The summed E-state index contributed by atoms with van der Waals surface area (Å²) < 4.78 is 27.6. The molecule has 37 heavy (non-hydrogen) atoms. The summed E-state index contributed by atoms with van der Waals surface area (Å²) in [7, 11) is 0. The van der Waals surface area contributed by atoms with Gasteiger partial charge in [0.25, 0.3) is 11.5 Å². The average Bonchev–Trinajstić information content (AvgIpc) is 2.88. The number of carbonyl (C=O) groups excluding carboxylic acids is 1. The van der Waals surface area contributed by atoms with Crippen LogP contribution < -0.4 is 10.9 Å². The maximum atomic E-state index is 13.0. The summed E-state index contributed by atoms with van der Waals surface area (Å²) in [6, 6.07) is 10.2. The number of pyridine rings is 1. The van der Waals surface area contributed by atoms with Crippen LogP contribution in [0, 0.1) is 5.41 Å². The Morgan fingerprint density at radius 1 is 1.14 bits per heavy atom. The quantitative estimate of drug-likeness (QED) is 0.275. The molecule has 1 fully saturated rings. The van der Waals surface area contributed by atoms with Crippen molar-refractivity contribution in [1.82, 2.24) is 19.9 Å². The van der Waals surface area contributed by atoms with Crippen LogP contribution in [0.4, 0.5) is 8.78 Å². The van der Waals surface area contributed by atoms with Crippen molar-refractivity contribution in [2.24, 2.45) is 0 Å². The molecule has 1 aliphatic rings. The molecule has 0 atom stereocenters. The van der Waals surface area contributed by atoms with Crippen molar-refractivity contribution in [2.45, 2.75) is 70.5 Å². The van der Waals surface area contributed by atoms with Gasteiger partial charge in [-0.3, -0.25) is 14.6 Å². The van der Waals surface area contributed by atoms with Crippen molar-refractivity contribution >= 4 is 11.5 Å². The van der Waals surface area contributed by atoms with Gasteiger partial charge < -0.3 is 15.3 Å². The van der Waals surface area contributed by atoms with E-state index in [2.05, 4.69) is 15.3 Å². The Morgan fingerprint density at radius 2 is 1.84 bits per heavy atom. The van der Waals surface area contributed by atoms with Crippen molar-refractivity contribution in [3.8, 4) is 11.3 Å². The van der Waals surface area contributed by atoms with E-state index < -0.39 is 5.92 Å². The molecule has 0 unspecified atom stereocenters. The number of ketones is 1. The summed E-state index contributed by atoms with van der Waals surface area (Å²) in [5.41, 5.74) is 2.92. The van der Waals surface area contributed by atoms with E-state index in [1.165, 1.54) is 12.3 Å². The van der Waals surface area contributed by atoms with Crippen LogP contribution in [0.2, 0.25) is 0 Å². The number of Topliss-reactive ketones (excluding diaryl/α,β-unsaturated/α-hetero) is 1. The van der Waals surface area contributed by atoms with E-state index in [0.29, 0.717) is 23.4 Å². The highest BCUT2D eigenvalue weighted by Gasteiger charge is 2.44. The van der Waals surface area contributed by atoms with Gasteiger partial charge in [0.15, 0.2) is 5.78 Å². The van der Waals surface area contributed by atoms with Gasteiger partial charge in [-0.25, -0.2) is 13.8 Å². The fourth-order valence-corrected chi connectivity index (χ4v) is 4.51. The predicted molar refractivity (Wildman–Crippen MR) is 138 cm³/mol. The van der Waals surface area contributed by atoms with E-state index in [1.807, 2.05) is 26.0 Å². The second-order valence-electron chi connectivity index (χ2n) is 9.54. The molecule has 0 spiro atoms. The fourth-order valence-electron chi connectivity index (χ4n) is 4.51. The molecule has 0 saturated heterocycles. The molecular formula is C28H31F2N5O2. The highest BCUT2D eigenvalue weighted by atomic mass is 19.3. The summed E-state index contributed by atoms with van der Waals surface area (Å²) >= 11 is 0. The second kappa shape index (κ2) is 11.2. The number of nitrogens with zero attached hydrogens (tertiary/aromatic N) is 3. The molecule has 0 radical (unpaired) electrons. The topological polar surface area (TPSA) is 101 Å². The van der Waals surface area contributed by atoms with Crippen LogP contribution in [0.1, 0.15) is 73.6 Å². The number of benzene rings is 1. The van der Waals surface area contributed by atoms with Gasteiger partial charge in [0.05, 0.1) is 24.5 Å². The zero-order chi connectivity index (χ0) is 26.6. The van der Waals surface area contributed by atoms with Gasteiger partial charge in [-0.1, -0.05) is 38.1 Å². The van der Waals surface area contributed by atoms with Crippen molar-refractivity contribution in [1.29, 1.82) is 5.41 Å². The van der Waals surface area contributed by atoms with Crippen LogP contribution in [-0.4, -0.2) is 38.0 Å². The molecule has 2 N–H and O–H groups in total. The number of nitrogens with one attached hydrogen (secondary N) is 2. The van der Waals surface area contributed by atoms with Gasteiger partial charge in [-0.15, -0.1) is 0 Å². The minimum atomic E-state index is -2.55. The lowest BCUT2D eigenvalue weighted by Crippen LogP contribution is -2.48. The summed E-state index contributed by atoms with van der Waals surface area (Å²) in [4.78, 5) is 33.9. The molecule has 0 amide bonds. The maximum absolute atomic E-state index is 13.0. The van der Waals surface area contributed by atoms with Gasteiger partial charge in [-0.2, -0.15) is 0 Å². The Kier molecular flexibility index (Phi) is 8.02. The van der Waals surface area contributed by atoms with Gasteiger partial charge in [0.1, 0.15) is 5.69 Å². The molecule has 1 aliphatic carbocycles. The largest absolute Gasteiger partial charge is 0.312 e. The van der Waals surface area contributed by atoms with Crippen molar-refractivity contribution in [3.05, 3.63) is 82.2 Å². The van der Waals surface area contributed by atoms with Crippen molar-refractivity contribution in [3.63, 3.8) is 0 Å². The van der Waals surface area contributed by atoms with E-state index in [9.17, 15) is 18.4 Å². The zero-order valence-electron chi connectivity index (χ0n) is 21.0. The van der Waals surface area contributed by atoms with E-state index in [4.69, 9.17) is 5.41 Å². The van der Waals surface area contributed by atoms with E-state index in [0.717, 1.165) is 18.4 Å². The first kappa shape index (κ1) is 26.5. The SMILES string of the molecule is CCC(CC)n1cc(-c2cncc(C(=O)CC(=N)c3ccc(CNC4CC(F)(F)C4)cc3)n2)ccc1=O. The number of rotatable bonds is 11. The first-order chi connectivity index (χ1) is 17.7. The van der Waals surface area contributed by atoms with Crippen LogP contribution in [-0.2, 0) is 6.54 Å². The second-order valence-corrected chi connectivity index (χ2v) is 9.54. The van der Waals surface area contributed by atoms with Gasteiger partial charge in [0.2, 0.25) is 0 Å². The van der Waals surface area contributed by atoms with Crippen molar-refractivity contribution in [2.75, 3.05) is 0 Å². The summed E-state index contributed by atoms with van der Waals surface area (Å²) in [5, 5.41) is 11.5. The average molecular weight is 508 g/mol.